The Balaban J connectivity index is 1.67. The summed E-state index contributed by atoms with van der Waals surface area (Å²) in [5.41, 5.74) is 3.43. The molecular formula is C15H16N2OS. The maximum Gasteiger partial charge on any atom is 0.252 e. The summed E-state index contributed by atoms with van der Waals surface area (Å²) in [4.78, 5) is 11.9. The third-order valence-electron chi connectivity index (χ3n) is 3.47. The van der Waals surface area contributed by atoms with Crippen molar-refractivity contribution in [2.45, 2.75) is 12.5 Å². The molecule has 0 spiro atoms. The van der Waals surface area contributed by atoms with Crippen LogP contribution in [-0.2, 0) is 6.42 Å². The lowest BCUT2D eigenvalue weighted by Gasteiger charge is -2.27. The molecule has 1 unspecified atom stereocenters. The summed E-state index contributed by atoms with van der Waals surface area (Å²) in [6.07, 6.45) is 1.06. The van der Waals surface area contributed by atoms with Gasteiger partial charge in [-0.3, -0.25) is 4.79 Å². The zero-order valence-electron chi connectivity index (χ0n) is 10.6. The van der Waals surface area contributed by atoms with Crippen LogP contribution >= 0.6 is 11.3 Å². The van der Waals surface area contributed by atoms with E-state index < -0.39 is 0 Å². The van der Waals surface area contributed by atoms with Gasteiger partial charge in [-0.1, -0.05) is 24.3 Å². The maximum atomic E-state index is 11.9. The van der Waals surface area contributed by atoms with Crippen molar-refractivity contribution in [1.82, 2.24) is 10.6 Å². The Hall–Kier alpha value is -1.65. The highest BCUT2D eigenvalue weighted by molar-refractivity contribution is 7.08. The van der Waals surface area contributed by atoms with Gasteiger partial charge in [-0.15, -0.1) is 0 Å². The standard InChI is InChI=1S/C15H16N2OS/c18-15(12-6-8-19-10-12)17-9-14-13-4-2-1-3-11(13)5-7-16-14/h1-4,6,8,10,14,16H,5,7,9H2,(H,17,18). The average Bonchev–Trinajstić information content (AvgIpc) is 2.99. The van der Waals surface area contributed by atoms with Gasteiger partial charge < -0.3 is 10.6 Å². The molecule has 3 rings (SSSR count). The lowest BCUT2D eigenvalue weighted by molar-refractivity contribution is 0.0949. The normalized spacial score (nSPS) is 17.8. The number of nitrogens with one attached hydrogen (secondary N) is 2. The molecule has 1 aromatic heterocycles. The van der Waals surface area contributed by atoms with Gasteiger partial charge >= 0.3 is 0 Å². The van der Waals surface area contributed by atoms with Crippen LogP contribution < -0.4 is 10.6 Å². The van der Waals surface area contributed by atoms with E-state index in [0.717, 1.165) is 18.5 Å². The van der Waals surface area contributed by atoms with E-state index in [1.807, 2.05) is 16.8 Å². The number of thiophene rings is 1. The van der Waals surface area contributed by atoms with Gasteiger partial charge in [0.2, 0.25) is 0 Å². The van der Waals surface area contributed by atoms with Crippen LogP contribution in [0.1, 0.15) is 27.5 Å². The Kier molecular flexibility index (Phi) is 3.62. The number of hydrogen-bond donors (Lipinski definition) is 2. The molecule has 2 aromatic rings. The number of amides is 1. The van der Waals surface area contributed by atoms with Crippen molar-refractivity contribution >= 4 is 17.2 Å². The number of rotatable bonds is 3. The molecule has 2 heterocycles. The zero-order valence-corrected chi connectivity index (χ0v) is 11.4. The molecule has 2 N–H and O–H groups in total. The third kappa shape index (κ3) is 2.69. The fourth-order valence-corrected chi connectivity index (χ4v) is 3.10. The molecule has 98 valence electrons. The van der Waals surface area contributed by atoms with Gasteiger partial charge in [0.15, 0.2) is 0 Å². The van der Waals surface area contributed by atoms with Crippen LogP contribution in [0.4, 0.5) is 0 Å². The highest BCUT2D eigenvalue weighted by Crippen LogP contribution is 2.21. The van der Waals surface area contributed by atoms with Crippen molar-refractivity contribution in [3.8, 4) is 0 Å². The first-order valence-electron chi connectivity index (χ1n) is 6.46. The maximum absolute atomic E-state index is 11.9. The molecule has 0 saturated heterocycles. The van der Waals surface area contributed by atoms with Crippen molar-refractivity contribution < 1.29 is 4.79 Å². The molecule has 0 fully saturated rings. The Morgan fingerprint density at radius 3 is 3.11 bits per heavy atom. The molecular weight excluding hydrogens is 256 g/mol. The largest absolute Gasteiger partial charge is 0.350 e. The lowest BCUT2D eigenvalue weighted by atomic mass is 9.94. The van der Waals surface area contributed by atoms with E-state index in [1.54, 1.807) is 11.3 Å². The van der Waals surface area contributed by atoms with Crippen molar-refractivity contribution in [2.75, 3.05) is 13.1 Å². The van der Waals surface area contributed by atoms with Crippen LogP contribution in [-0.4, -0.2) is 19.0 Å². The minimum absolute atomic E-state index is 0.00565. The Bertz CT molecular complexity index is 565. The second kappa shape index (κ2) is 5.55. The van der Waals surface area contributed by atoms with Crippen molar-refractivity contribution in [3.63, 3.8) is 0 Å². The average molecular weight is 272 g/mol. The van der Waals surface area contributed by atoms with E-state index in [2.05, 4.69) is 34.9 Å². The minimum atomic E-state index is 0.00565. The molecule has 0 aliphatic carbocycles. The van der Waals surface area contributed by atoms with Gasteiger partial charge in [-0.05, 0) is 35.5 Å². The molecule has 1 atom stereocenters. The number of hydrogen-bond acceptors (Lipinski definition) is 3. The Morgan fingerprint density at radius 2 is 2.26 bits per heavy atom. The molecule has 1 aromatic carbocycles. The van der Waals surface area contributed by atoms with Crippen molar-refractivity contribution in [1.29, 1.82) is 0 Å². The zero-order chi connectivity index (χ0) is 13.1. The first kappa shape index (κ1) is 12.4. The number of carbonyl (C=O) groups excluding carboxylic acids is 1. The monoisotopic (exact) mass is 272 g/mol. The highest BCUT2D eigenvalue weighted by Gasteiger charge is 2.19. The number of carbonyl (C=O) groups is 1. The summed E-state index contributed by atoms with van der Waals surface area (Å²) in [6, 6.07) is 10.5. The first-order chi connectivity index (χ1) is 9.34. The summed E-state index contributed by atoms with van der Waals surface area (Å²) in [7, 11) is 0. The Labute approximate surface area is 116 Å². The van der Waals surface area contributed by atoms with E-state index in [9.17, 15) is 4.79 Å². The second-order valence-corrected chi connectivity index (χ2v) is 5.46. The molecule has 1 aliphatic rings. The highest BCUT2D eigenvalue weighted by atomic mass is 32.1. The molecule has 4 heteroatoms. The van der Waals surface area contributed by atoms with Crippen LogP contribution in [0.25, 0.3) is 0 Å². The fraction of sp³-hybridized carbons (Fsp3) is 0.267. The smallest absolute Gasteiger partial charge is 0.252 e. The molecule has 3 nitrogen and oxygen atoms in total. The van der Waals surface area contributed by atoms with E-state index in [0.29, 0.717) is 6.54 Å². The summed E-state index contributed by atoms with van der Waals surface area (Å²) >= 11 is 1.54. The van der Waals surface area contributed by atoms with Gasteiger partial charge in [0.1, 0.15) is 0 Å². The fourth-order valence-electron chi connectivity index (χ4n) is 2.47. The first-order valence-corrected chi connectivity index (χ1v) is 7.40. The Morgan fingerprint density at radius 1 is 1.37 bits per heavy atom. The topological polar surface area (TPSA) is 41.1 Å². The molecule has 1 aliphatic heterocycles. The number of benzene rings is 1. The van der Waals surface area contributed by atoms with Crippen molar-refractivity contribution in [2.24, 2.45) is 0 Å². The number of fused-ring (bicyclic) bond motifs is 1. The van der Waals surface area contributed by atoms with Crippen LogP contribution in [0.2, 0.25) is 0 Å². The predicted octanol–water partition coefficient (Wildman–Crippen LogP) is 2.36. The quantitative estimate of drug-likeness (QED) is 0.900. The van der Waals surface area contributed by atoms with Gasteiger partial charge in [0, 0.05) is 23.5 Å². The van der Waals surface area contributed by atoms with E-state index in [4.69, 9.17) is 0 Å². The summed E-state index contributed by atoms with van der Waals surface area (Å²) in [6.45, 7) is 1.60. The van der Waals surface area contributed by atoms with Gasteiger partial charge in [0.05, 0.1) is 0 Å². The molecule has 0 saturated carbocycles. The van der Waals surface area contributed by atoms with Gasteiger partial charge in [-0.25, -0.2) is 0 Å². The van der Waals surface area contributed by atoms with Crippen LogP contribution in [0.5, 0.6) is 0 Å². The summed E-state index contributed by atoms with van der Waals surface area (Å²) in [5.74, 6) is 0.00565. The van der Waals surface area contributed by atoms with Crippen LogP contribution in [0.15, 0.2) is 41.1 Å². The van der Waals surface area contributed by atoms with E-state index in [1.165, 1.54) is 11.1 Å². The van der Waals surface area contributed by atoms with Gasteiger partial charge in [0.25, 0.3) is 5.91 Å². The summed E-state index contributed by atoms with van der Waals surface area (Å²) in [5, 5.41) is 10.3. The van der Waals surface area contributed by atoms with E-state index >= 15 is 0 Å². The van der Waals surface area contributed by atoms with Crippen LogP contribution in [0, 0.1) is 0 Å². The minimum Gasteiger partial charge on any atom is -0.350 e. The predicted molar refractivity (Wildman–Crippen MR) is 77.5 cm³/mol. The lowest BCUT2D eigenvalue weighted by Crippen LogP contribution is -2.38. The van der Waals surface area contributed by atoms with Gasteiger partial charge in [-0.2, -0.15) is 11.3 Å². The SMILES string of the molecule is O=C(NCC1NCCc2ccccc21)c1ccsc1. The third-order valence-corrected chi connectivity index (χ3v) is 4.15. The van der Waals surface area contributed by atoms with Crippen molar-refractivity contribution in [3.05, 3.63) is 57.8 Å². The second-order valence-electron chi connectivity index (χ2n) is 4.68. The van der Waals surface area contributed by atoms with E-state index in [-0.39, 0.29) is 11.9 Å². The molecule has 1 amide bonds. The molecule has 19 heavy (non-hydrogen) atoms. The molecule has 0 bridgehead atoms. The summed E-state index contributed by atoms with van der Waals surface area (Å²) < 4.78 is 0. The molecule has 0 radical (unpaired) electrons. The van der Waals surface area contributed by atoms with Crippen LogP contribution in [0.3, 0.4) is 0 Å².